The van der Waals surface area contributed by atoms with Crippen LogP contribution in [-0.4, -0.2) is 5.11 Å². The van der Waals surface area contributed by atoms with Gasteiger partial charge in [-0.15, -0.1) is 0 Å². The van der Waals surface area contributed by atoms with E-state index < -0.39 is 17.9 Å². The number of aliphatic hydroxyl groups excluding tert-OH is 1. The van der Waals surface area contributed by atoms with Crippen molar-refractivity contribution in [2.45, 2.75) is 38.2 Å². The van der Waals surface area contributed by atoms with Gasteiger partial charge in [-0.25, -0.2) is 8.78 Å². The van der Waals surface area contributed by atoms with E-state index in [1.807, 2.05) is 0 Å². The molecule has 4 atom stereocenters. The quantitative estimate of drug-likeness (QED) is 0.908. The second kappa shape index (κ2) is 4.82. The fourth-order valence-electron chi connectivity index (χ4n) is 4.07. The molecule has 0 aromatic heterocycles. The van der Waals surface area contributed by atoms with Crippen molar-refractivity contribution in [3.63, 3.8) is 0 Å². The Labute approximate surface area is 117 Å². The molecular formula is C16H17F2NO. The highest BCUT2D eigenvalue weighted by molar-refractivity contribution is 5.30. The molecule has 0 saturated heterocycles. The largest absolute Gasteiger partial charge is 0.387 e. The molecule has 0 spiro atoms. The van der Waals surface area contributed by atoms with E-state index in [1.165, 1.54) is 18.2 Å². The van der Waals surface area contributed by atoms with Gasteiger partial charge in [0.1, 0.15) is 0 Å². The van der Waals surface area contributed by atoms with E-state index in [2.05, 4.69) is 6.07 Å². The minimum atomic E-state index is -2.56. The third-order valence-electron chi connectivity index (χ3n) is 5.07. The topological polar surface area (TPSA) is 44.0 Å². The molecule has 4 heteroatoms. The Hall–Kier alpha value is -1.47. The molecule has 20 heavy (non-hydrogen) atoms. The zero-order chi connectivity index (χ0) is 14.3. The fraction of sp³-hybridized carbons (Fsp3) is 0.562. The van der Waals surface area contributed by atoms with Crippen LogP contribution in [0.15, 0.2) is 24.3 Å². The zero-order valence-electron chi connectivity index (χ0n) is 11.1. The molecule has 106 valence electrons. The van der Waals surface area contributed by atoms with Gasteiger partial charge in [0.2, 0.25) is 0 Å². The molecule has 0 radical (unpaired) electrons. The molecule has 2 nitrogen and oxygen atoms in total. The van der Waals surface area contributed by atoms with Gasteiger partial charge < -0.3 is 5.11 Å². The first kappa shape index (κ1) is 13.5. The molecule has 0 heterocycles. The molecule has 0 amide bonds. The van der Waals surface area contributed by atoms with Crippen LogP contribution in [0.2, 0.25) is 0 Å². The van der Waals surface area contributed by atoms with Crippen LogP contribution in [0.1, 0.15) is 49.3 Å². The van der Waals surface area contributed by atoms with E-state index >= 15 is 0 Å². The van der Waals surface area contributed by atoms with Crippen molar-refractivity contribution in [1.82, 2.24) is 0 Å². The SMILES string of the molecule is N#CC1(C(O)c2cccc(C(F)F)c2)CC2CCC1C2. The number of alkyl halides is 2. The summed E-state index contributed by atoms with van der Waals surface area (Å²) in [7, 11) is 0. The first-order chi connectivity index (χ1) is 9.56. The molecule has 1 aromatic rings. The fourth-order valence-corrected chi connectivity index (χ4v) is 4.07. The summed E-state index contributed by atoms with van der Waals surface area (Å²) in [4.78, 5) is 0. The van der Waals surface area contributed by atoms with Crippen LogP contribution in [0.4, 0.5) is 8.78 Å². The number of hydrogen-bond acceptors (Lipinski definition) is 2. The standard InChI is InChI=1S/C16H17F2NO/c17-15(18)12-3-1-2-11(7-12)14(20)16(9-19)8-10-4-5-13(16)6-10/h1-3,7,10,13-15,20H,4-6,8H2. The Bertz CT molecular complexity index is 554. The molecule has 1 N–H and O–H groups in total. The van der Waals surface area contributed by atoms with Gasteiger partial charge in [0.25, 0.3) is 6.43 Å². The van der Waals surface area contributed by atoms with Gasteiger partial charge in [0, 0.05) is 5.56 Å². The molecule has 2 aliphatic rings. The van der Waals surface area contributed by atoms with Crippen LogP contribution in [0.5, 0.6) is 0 Å². The number of rotatable bonds is 3. The van der Waals surface area contributed by atoms with Crippen molar-refractivity contribution in [2.75, 3.05) is 0 Å². The average molecular weight is 277 g/mol. The number of halogens is 2. The van der Waals surface area contributed by atoms with Crippen LogP contribution in [0.3, 0.4) is 0 Å². The van der Waals surface area contributed by atoms with E-state index in [0.717, 1.165) is 19.3 Å². The van der Waals surface area contributed by atoms with Crippen molar-refractivity contribution in [3.8, 4) is 6.07 Å². The Balaban J connectivity index is 1.94. The molecule has 1 aromatic carbocycles. The third-order valence-corrected chi connectivity index (χ3v) is 5.07. The second-order valence-corrected chi connectivity index (χ2v) is 6.11. The number of hydrogen-bond donors (Lipinski definition) is 1. The van der Waals surface area contributed by atoms with Crippen LogP contribution in [0, 0.1) is 28.6 Å². The molecule has 2 fully saturated rings. The summed E-state index contributed by atoms with van der Waals surface area (Å²) in [5, 5.41) is 20.2. The highest BCUT2D eigenvalue weighted by atomic mass is 19.3. The van der Waals surface area contributed by atoms with Crippen molar-refractivity contribution in [3.05, 3.63) is 35.4 Å². The maximum atomic E-state index is 12.8. The van der Waals surface area contributed by atoms with Gasteiger partial charge in [0.15, 0.2) is 0 Å². The highest BCUT2D eigenvalue weighted by Gasteiger charge is 2.55. The summed E-state index contributed by atoms with van der Waals surface area (Å²) >= 11 is 0. The van der Waals surface area contributed by atoms with Gasteiger partial charge in [0.05, 0.1) is 17.6 Å². The molecule has 4 unspecified atom stereocenters. The summed E-state index contributed by atoms with van der Waals surface area (Å²) in [6.07, 6.45) is 0.233. The van der Waals surface area contributed by atoms with Gasteiger partial charge in [-0.1, -0.05) is 24.6 Å². The predicted octanol–water partition coefficient (Wildman–Crippen LogP) is 3.99. The number of fused-ring (bicyclic) bond motifs is 2. The van der Waals surface area contributed by atoms with Crippen LogP contribution in [0.25, 0.3) is 0 Å². The van der Waals surface area contributed by atoms with Crippen molar-refractivity contribution < 1.29 is 13.9 Å². The predicted molar refractivity (Wildman–Crippen MR) is 69.9 cm³/mol. The number of nitrogens with zero attached hydrogens (tertiary/aromatic N) is 1. The Morgan fingerprint density at radius 2 is 2.05 bits per heavy atom. The number of nitriles is 1. The Morgan fingerprint density at radius 3 is 2.60 bits per heavy atom. The molecule has 2 saturated carbocycles. The monoisotopic (exact) mass is 277 g/mol. The summed E-state index contributed by atoms with van der Waals surface area (Å²) in [6.45, 7) is 0. The first-order valence-corrected chi connectivity index (χ1v) is 7.04. The lowest BCUT2D eigenvalue weighted by atomic mass is 9.68. The summed E-state index contributed by atoms with van der Waals surface area (Å²) in [6, 6.07) is 8.17. The minimum Gasteiger partial charge on any atom is -0.387 e. The lowest BCUT2D eigenvalue weighted by molar-refractivity contribution is 0.0231. The van der Waals surface area contributed by atoms with Crippen LogP contribution >= 0.6 is 0 Å². The third kappa shape index (κ3) is 1.92. The van der Waals surface area contributed by atoms with Crippen molar-refractivity contribution in [2.24, 2.45) is 17.3 Å². The van der Waals surface area contributed by atoms with Crippen LogP contribution in [-0.2, 0) is 0 Å². The van der Waals surface area contributed by atoms with Gasteiger partial charge in [-0.3, -0.25) is 0 Å². The van der Waals surface area contributed by atoms with Gasteiger partial charge in [-0.2, -0.15) is 5.26 Å². The highest BCUT2D eigenvalue weighted by Crippen LogP contribution is 2.60. The first-order valence-electron chi connectivity index (χ1n) is 7.04. The van der Waals surface area contributed by atoms with E-state index in [9.17, 15) is 19.1 Å². The zero-order valence-corrected chi connectivity index (χ0v) is 11.1. The second-order valence-electron chi connectivity index (χ2n) is 6.11. The maximum Gasteiger partial charge on any atom is 0.263 e. The van der Waals surface area contributed by atoms with Crippen LogP contribution < -0.4 is 0 Å². The van der Waals surface area contributed by atoms with Crippen molar-refractivity contribution >= 4 is 0 Å². The van der Waals surface area contributed by atoms with E-state index in [-0.39, 0.29) is 11.5 Å². The van der Waals surface area contributed by atoms with Gasteiger partial charge >= 0.3 is 0 Å². The Morgan fingerprint density at radius 1 is 1.30 bits per heavy atom. The molecule has 2 bridgehead atoms. The van der Waals surface area contributed by atoms with Crippen molar-refractivity contribution in [1.29, 1.82) is 5.26 Å². The molecule has 3 rings (SSSR count). The normalized spacial score (nSPS) is 33.4. The van der Waals surface area contributed by atoms with Gasteiger partial charge in [-0.05, 0) is 42.7 Å². The van der Waals surface area contributed by atoms with E-state index in [4.69, 9.17) is 0 Å². The van der Waals surface area contributed by atoms with E-state index in [0.29, 0.717) is 17.9 Å². The lowest BCUT2D eigenvalue weighted by Gasteiger charge is -2.35. The molecule has 2 aliphatic carbocycles. The maximum absolute atomic E-state index is 12.8. The smallest absolute Gasteiger partial charge is 0.263 e. The summed E-state index contributed by atoms with van der Waals surface area (Å²) in [5.41, 5.74) is -0.446. The lowest BCUT2D eigenvalue weighted by Crippen LogP contribution is -2.33. The molecular weight excluding hydrogens is 260 g/mol. The van der Waals surface area contributed by atoms with E-state index in [1.54, 1.807) is 6.07 Å². The summed E-state index contributed by atoms with van der Waals surface area (Å²) < 4.78 is 25.5. The number of benzene rings is 1. The molecule has 0 aliphatic heterocycles. The number of aliphatic hydroxyl groups is 1. The minimum absolute atomic E-state index is 0.0993. The average Bonchev–Trinajstić information content (AvgIpc) is 3.07. The summed E-state index contributed by atoms with van der Waals surface area (Å²) in [5.74, 6) is 0.704. The Kier molecular flexibility index (Phi) is 3.25.